The topological polar surface area (TPSA) is 49.4 Å². The highest BCUT2D eigenvalue weighted by molar-refractivity contribution is 7.15. The number of imide groups is 1. The SMILES string of the molecule is CC.CC1=CCC(=O)NC(=O)N1P. The molecule has 0 radical (unpaired) electrons. The van der Waals surface area contributed by atoms with Crippen LogP contribution in [0.1, 0.15) is 27.2 Å². The number of amides is 3. The van der Waals surface area contributed by atoms with Crippen molar-refractivity contribution < 1.29 is 9.59 Å². The van der Waals surface area contributed by atoms with Gasteiger partial charge in [0.15, 0.2) is 0 Å². The first-order valence-corrected chi connectivity index (χ1v) is 4.68. The lowest BCUT2D eigenvalue weighted by molar-refractivity contribution is -0.119. The summed E-state index contributed by atoms with van der Waals surface area (Å²) in [5, 5.41) is 2.20. The summed E-state index contributed by atoms with van der Waals surface area (Å²) in [6.45, 7) is 5.77. The van der Waals surface area contributed by atoms with Crippen LogP contribution in [0.5, 0.6) is 0 Å². The minimum atomic E-state index is -0.397. The zero-order valence-electron chi connectivity index (χ0n) is 8.13. The minimum absolute atomic E-state index is 0.265. The first kappa shape index (κ1) is 12.1. The standard InChI is InChI=1S/C6H9N2O2P.C2H6/c1-4-2-3-5(9)7-6(10)8(4)11;1-2/h2H,3,11H2,1H3,(H,7,9,10);1-2H3. The van der Waals surface area contributed by atoms with E-state index < -0.39 is 6.03 Å². The van der Waals surface area contributed by atoms with Gasteiger partial charge in [0.2, 0.25) is 5.91 Å². The molecule has 1 rings (SSSR count). The van der Waals surface area contributed by atoms with E-state index in [2.05, 4.69) is 14.7 Å². The Hall–Kier alpha value is -0.890. The van der Waals surface area contributed by atoms with Crippen LogP contribution < -0.4 is 5.32 Å². The van der Waals surface area contributed by atoms with Gasteiger partial charge in [-0.15, -0.1) is 0 Å². The molecule has 1 aliphatic rings. The average Bonchev–Trinajstić information content (AvgIpc) is 2.24. The molecule has 0 saturated carbocycles. The molecule has 0 aromatic heterocycles. The van der Waals surface area contributed by atoms with Crippen molar-refractivity contribution in [1.29, 1.82) is 0 Å². The predicted molar refractivity (Wildman–Crippen MR) is 54.8 cm³/mol. The Labute approximate surface area is 80.6 Å². The van der Waals surface area contributed by atoms with Crippen LogP contribution in [0.2, 0.25) is 0 Å². The first-order chi connectivity index (χ1) is 6.11. The molecule has 1 heterocycles. The first-order valence-electron chi connectivity index (χ1n) is 4.16. The smallest absolute Gasteiger partial charge is 0.283 e. The summed E-state index contributed by atoms with van der Waals surface area (Å²) in [5.74, 6) is -0.265. The predicted octanol–water partition coefficient (Wildman–Crippen LogP) is 1.65. The number of urea groups is 1. The highest BCUT2D eigenvalue weighted by Crippen LogP contribution is 2.13. The van der Waals surface area contributed by atoms with Gasteiger partial charge in [0, 0.05) is 12.1 Å². The normalized spacial score (nSPS) is 16.6. The van der Waals surface area contributed by atoms with Crippen molar-refractivity contribution >= 4 is 21.3 Å². The number of carbonyl (C=O) groups is 2. The lowest BCUT2D eigenvalue weighted by atomic mass is 10.3. The van der Waals surface area contributed by atoms with Crippen LogP contribution in [-0.4, -0.2) is 16.6 Å². The maximum absolute atomic E-state index is 11.0. The fraction of sp³-hybridized carbons (Fsp3) is 0.500. The molecule has 4 nitrogen and oxygen atoms in total. The molecule has 0 saturated heterocycles. The van der Waals surface area contributed by atoms with E-state index in [9.17, 15) is 9.59 Å². The third-order valence-electron chi connectivity index (χ3n) is 1.43. The van der Waals surface area contributed by atoms with E-state index in [1.165, 1.54) is 4.67 Å². The summed E-state index contributed by atoms with van der Waals surface area (Å²) in [5.41, 5.74) is 0.762. The van der Waals surface area contributed by atoms with Gasteiger partial charge in [-0.25, -0.2) is 4.79 Å². The molecular weight excluding hydrogens is 187 g/mol. The molecule has 74 valence electrons. The van der Waals surface area contributed by atoms with Crippen LogP contribution in [0.3, 0.4) is 0 Å². The van der Waals surface area contributed by atoms with Crippen LogP contribution in [0.15, 0.2) is 11.8 Å². The molecule has 0 spiro atoms. The summed E-state index contributed by atoms with van der Waals surface area (Å²) >= 11 is 0. The highest BCUT2D eigenvalue weighted by Gasteiger charge is 2.16. The Morgan fingerprint density at radius 2 is 2.00 bits per heavy atom. The Morgan fingerprint density at radius 1 is 1.46 bits per heavy atom. The van der Waals surface area contributed by atoms with E-state index in [0.717, 1.165) is 5.70 Å². The molecule has 0 aliphatic carbocycles. The second-order valence-corrected chi connectivity index (χ2v) is 2.79. The summed E-state index contributed by atoms with van der Waals surface area (Å²) in [4.78, 5) is 21.7. The molecule has 0 aromatic carbocycles. The van der Waals surface area contributed by atoms with Gasteiger partial charge in [-0.3, -0.25) is 14.8 Å². The molecule has 0 bridgehead atoms. The van der Waals surface area contributed by atoms with Crippen molar-refractivity contribution in [2.75, 3.05) is 0 Å². The van der Waals surface area contributed by atoms with E-state index in [4.69, 9.17) is 0 Å². The Kier molecular flexibility index (Phi) is 5.31. The summed E-state index contributed by atoms with van der Waals surface area (Å²) in [7, 11) is 2.23. The van der Waals surface area contributed by atoms with Gasteiger partial charge in [-0.2, -0.15) is 0 Å². The lowest BCUT2D eigenvalue weighted by Gasteiger charge is -2.13. The van der Waals surface area contributed by atoms with E-state index in [-0.39, 0.29) is 12.3 Å². The van der Waals surface area contributed by atoms with Gasteiger partial charge in [0.25, 0.3) is 0 Å². The van der Waals surface area contributed by atoms with Crippen LogP contribution >= 0.6 is 9.39 Å². The number of allylic oxidation sites excluding steroid dienone is 1. The van der Waals surface area contributed by atoms with Gasteiger partial charge in [0.05, 0.1) is 0 Å². The van der Waals surface area contributed by atoms with Crippen LogP contribution in [0.4, 0.5) is 4.79 Å². The van der Waals surface area contributed by atoms with Crippen molar-refractivity contribution in [2.24, 2.45) is 0 Å². The van der Waals surface area contributed by atoms with Crippen LogP contribution in [-0.2, 0) is 4.79 Å². The number of rotatable bonds is 0. The molecule has 13 heavy (non-hydrogen) atoms. The number of hydrogen-bond donors (Lipinski definition) is 1. The van der Waals surface area contributed by atoms with Crippen molar-refractivity contribution in [1.82, 2.24) is 9.99 Å². The number of carbonyl (C=O) groups excluding carboxylic acids is 2. The average molecular weight is 202 g/mol. The number of nitrogens with one attached hydrogen (secondary N) is 1. The quantitative estimate of drug-likeness (QED) is 0.607. The molecule has 0 aromatic rings. The van der Waals surface area contributed by atoms with Gasteiger partial charge in [-0.1, -0.05) is 19.9 Å². The van der Waals surface area contributed by atoms with Gasteiger partial charge >= 0.3 is 6.03 Å². The lowest BCUT2D eigenvalue weighted by Crippen LogP contribution is -2.34. The zero-order chi connectivity index (χ0) is 10.4. The summed E-state index contributed by atoms with van der Waals surface area (Å²) in [6, 6.07) is -0.397. The van der Waals surface area contributed by atoms with Crippen molar-refractivity contribution in [3.63, 3.8) is 0 Å². The molecule has 1 unspecified atom stereocenters. The minimum Gasteiger partial charge on any atom is -0.283 e. The van der Waals surface area contributed by atoms with Gasteiger partial charge in [-0.05, 0) is 16.3 Å². The number of hydrogen-bond acceptors (Lipinski definition) is 2. The second-order valence-electron chi connectivity index (χ2n) is 2.27. The molecule has 1 aliphatic heterocycles. The molecule has 3 amide bonds. The highest BCUT2D eigenvalue weighted by atomic mass is 31.0. The largest absolute Gasteiger partial charge is 0.331 e. The van der Waals surface area contributed by atoms with Crippen molar-refractivity contribution in [2.45, 2.75) is 27.2 Å². The van der Waals surface area contributed by atoms with E-state index in [1.54, 1.807) is 13.0 Å². The molecule has 5 heteroatoms. The van der Waals surface area contributed by atoms with E-state index in [1.807, 2.05) is 13.8 Å². The fourth-order valence-corrected chi connectivity index (χ4v) is 0.899. The maximum Gasteiger partial charge on any atom is 0.331 e. The summed E-state index contributed by atoms with van der Waals surface area (Å²) < 4.78 is 1.32. The van der Waals surface area contributed by atoms with E-state index in [0.29, 0.717) is 0 Å². The van der Waals surface area contributed by atoms with Gasteiger partial charge < -0.3 is 0 Å². The zero-order valence-corrected chi connectivity index (χ0v) is 9.28. The fourth-order valence-electron chi connectivity index (χ4n) is 0.729. The summed E-state index contributed by atoms with van der Waals surface area (Å²) in [6.07, 6.45) is 1.97. The van der Waals surface area contributed by atoms with Crippen LogP contribution in [0.25, 0.3) is 0 Å². The monoisotopic (exact) mass is 202 g/mol. The molecular formula is C8H15N2O2P. The Morgan fingerprint density at radius 3 is 2.54 bits per heavy atom. The van der Waals surface area contributed by atoms with Crippen LogP contribution in [0, 0.1) is 0 Å². The van der Waals surface area contributed by atoms with Crippen molar-refractivity contribution in [3.05, 3.63) is 11.8 Å². The molecule has 1 N–H and O–H groups in total. The second kappa shape index (κ2) is 5.70. The van der Waals surface area contributed by atoms with Crippen molar-refractivity contribution in [3.8, 4) is 0 Å². The Balaban J connectivity index is 0.000000671. The van der Waals surface area contributed by atoms with E-state index >= 15 is 0 Å². The molecule has 1 atom stereocenters. The third-order valence-corrected chi connectivity index (χ3v) is 2.07. The third kappa shape index (κ3) is 3.55. The number of nitrogens with zero attached hydrogens (tertiary/aromatic N) is 1. The molecule has 0 fully saturated rings. The maximum atomic E-state index is 11.0. The Bertz CT molecular complexity index is 238. The van der Waals surface area contributed by atoms with Gasteiger partial charge in [0.1, 0.15) is 0 Å².